The van der Waals surface area contributed by atoms with Crippen LogP contribution in [0, 0.1) is 23.7 Å². The van der Waals surface area contributed by atoms with Crippen molar-refractivity contribution in [2.75, 3.05) is 32.7 Å². The molecule has 1 amide bonds. The number of hydrogen-bond donors (Lipinski definition) is 0. The molecule has 0 spiro atoms. The topological polar surface area (TPSA) is 23.6 Å². The number of likely N-dealkylation sites (tertiary alicyclic amines) is 1. The first-order valence-electron chi connectivity index (χ1n) is 7.74. The minimum Gasteiger partial charge on any atom is -0.342 e. The molecule has 18 heavy (non-hydrogen) atoms. The fraction of sp³-hybridized carbons (Fsp3) is 0.933. The molecule has 3 heteroatoms. The molecule has 0 aliphatic carbocycles. The Morgan fingerprint density at radius 2 is 2.00 bits per heavy atom. The number of fused-ring (bicyclic) bond motifs is 2. The molecular weight excluding hydrogens is 224 g/mol. The van der Waals surface area contributed by atoms with Gasteiger partial charge < -0.3 is 9.80 Å². The summed E-state index contributed by atoms with van der Waals surface area (Å²) in [5, 5.41) is 0. The average molecular weight is 250 g/mol. The van der Waals surface area contributed by atoms with E-state index in [0.717, 1.165) is 31.3 Å². The molecule has 3 aliphatic heterocycles. The van der Waals surface area contributed by atoms with E-state index in [-0.39, 0.29) is 0 Å². The Balaban J connectivity index is 1.63. The zero-order valence-electron chi connectivity index (χ0n) is 11.8. The van der Waals surface area contributed by atoms with Crippen LogP contribution in [0.1, 0.15) is 33.1 Å². The first-order valence-corrected chi connectivity index (χ1v) is 7.74. The molecule has 3 heterocycles. The summed E-state index contributed by atoms with van der Waals surface area (Å²) >= 11 is 0. The highest BCUT2D eigenvalue weighted by Gasteiger charge is 2.44. The van der Waals surface area contributed by atoms with Gasteiger partial charge in [-0.2, -0.15) is 0 Å². The molecule has 5 unspecified atom stereocenters. The van der Waals surface area contributed by atoms with Crippen LogP contribution in [-0.2, 0) is 4.79 Å². The summed E-state index contributed by atoms with van der Waals surface area (Å²) in [5.74, 6) is 3.19. The summed E-state index contributed by atoms with van der Waals surface area (Å²) < 4.78 is 0. The highest BCUT2D eigenvalue weighted by atomic mass is 16.2. The molecule has 0 radical (unpaired) electrons. The standard InChI is InChI=1S/C15H26N2O/c1-3-14-13(10-17(4-2)15(14)18)7-12-9-16-6-5-11(12)8-16/h11-14H,3-10H2,1-2H3. The zero-order valence-corrected chi connectivity index (χ0v) is 11.8. The van der Waals surface area contributed by atoms with Gasteiger partial charge in [-0.25, -0.2) is 0 Å². The van der Waals surface area contributed by atoms with Gasteiger partial charge in [0.15, 0.2) is 0 Å². The Bertz CT molecular complexity index is 330. The first-order chi connectivity index (χ1) is 8.72. The molecule has 5 atom stereocenters. The molecule has 102 valence electrons. The second-order valence-electron chi connectivity index (χ2n) is 6.46. The lowest BCUT2D eigenvalue weighted by Crippen LogP contribution is -2.27. The van der Waals surface area contributed by atoms with Gasteiger partial charge >= 0.3 is 0 Å². The van der Waals surface area contributed by atoms with E-state index in [0.29, 0.717) is 17.7 Å². The van der Waals surface area contributed by atoms with Gasteiger partial charge in [0.1, 0.15) is 0 Å². The summed E-state index contributed by atoms with van der Waals surface area (Å²) in [5.41, 5.74) is 0. The third kappa shape index (κ3) is 1.97. The number of carbonyl (C=O) groups excluding carboxylic acids is 1. The lowest BCUT2D eigenvalue weighted by Gasteiger charge is -2.26. The van der Waals surface area contributed by atoms with Crippen LogP contribution in [0.4, 0.5) is 0 Å². The predicted molar refractivity (Wildman–Crippen MR) is 72.2 cm³/mol. The van der Waals surface area contributed by atoms with Gasteiger partial charge in [-0.1, -0.05) is 6.92 Å². The van der Waals surface area contributed by atoms with Crippen molar-refractivity contribution in [3.05, 3.63) is 0 Å². The van der Waals surface area contributed by atoms with E-state index >= 15 is 0 Å². The van der Waals surface area contributed by atoms with E-state index in [1.54, 1.807) is 0 Å². The van der Waals surface area contributed by atoms with Crippen molar-refractivity contribution in [3.63, 3.8) is 0 Å². The van der Waals surface area contributed by atoms with Gasteiger partial charge in [0.05, 0.1) is 0 Å². The number of carbonyl (C=O) groups is 1. The predicted octanol–water partition coefficient (Wildman–Crippen LogP) is 1.83. The van der Waals surface area contributed by atoms with E-state index in [2.05, 4.69) is 23.6 Å². The molecule has 2 bridgehead atoms. The molecule has 3 aliphatic rings. The summed E-state index contributed by atoms with van der Waals surface area (Å²) in [4.78, 5) is 16.9. The number of rotatable bonds is 4. The van der Waals surface area contributed by atoms with E-state index in [4.69, 9.17) is 0 Å². The molecular formula is C15H26N2O. The Morgan fingerprint density at radius 1 is 1.17 bits per heavy atom. The summed E-state index contributed by atoms with van der Waals surface area (Å²) in [6.07, 6.45) is 3.72. The summed E-state index contributed by atoms with van der Waals surface area (Å²) in [6, 6.07) is 0. The second-order valence-corrected chi connectivity index (χ2v) is 6.46. The zero-order chi connectivity index (χ0) is 12.7. The lowest BCUT2D eigenvalue weighted by atomic mass is 9.80. The van der Waals surface area contributed by atoms with Gasteiger partial charge in [-0.05, 0) is 50.5 Å². The first kappa shape index (κ1) is 12.5. The van der Waals surface area contributed by atoms with Crippen molar-refractivity contribution in [1.29, 1.82) is 0 Å². The Hall–Kier alpha value is -0.570. The highest BCUT2D eigenvalue weighted by molar-refractivity contribution is 5.81. The molecule has 3 saturated heterocycles. The minimum absolute atomic E-state index is 0.319. The van der Waals surface area contributed by atoms with Crippen molar-refractivity contribution < 1.29 is 4.79 Å². The van der Waals surface area contributed by atoms with Crippen LogP contribution < -0.4 is 0 Å². The van der Waals surface area contributed by atoms with Crippen LogP contribution >= 0.6 is 0 Å². The van der Waals surface area contributed by atoms with Gasteiger partial charge in [0, 0.05) is 32.1 Å². The summed E-state index contributed by atoms with van der Waals surface area (Å²) in [7, 11) is 0. The molecule has 0 aromatic heterocycles. The van der Waals surface area contributed by atoms with Crippen LogP contribution in [0.15, 0.2) is 0 Å². The number of piperidine rings is 1. The molecule has 0 aromatic carbocycles. The van der Waals surface area contributed by atoms with E-state index in [1.165, 1.54) is 32.5 Å². The van der Waals surface area contributed by atoms with Gasteiger partial charge in [-0.15, -0.1) is 0 Å². The highest BCUT2D eigenvalue weighted by Crippen LogP contribution is 2.40. The van der Waals surface area contributed by atoms with Gasteiger partial charge in [0.25, 0.3) is 0 Å². The Kier molecular flexibility index (Phi) is 3.35. The van der Waals surface area contributed by atoms with Crippen LogP contribution in [0.3, 0.4) is 0 Å². The Morgan fingerprint density at radius 3 is 2.56 bits per heavy atom. The number of amides is 1. The minimum atomic E-state index is 0.319. The SMILES string of the molecule is CCC1C(=O)N(CC)CC1CC1CN2CCC1C2. The third-order valence-corrected chi connectivity index (χ3v) is 5.55. The van der Waals surface area contributed by atoms with Crippen LogP contribution in [-0.4, -0.2) is 48.4 Å². The van der Waals surface area contributed by atoms with Crippen LogP contribution in [0.2, 0.25) is 0 Å². The summed E-state index contributed by atoms with van der Waals surface area (Å²) in [6.45, 7) is 10.2. The quantitative estimate of drug-likeness (QED) is 0.760. The normalized spacial score (nSPS) is 43.1. The Labute approximate surface area is 111 Å². The largest absolute Gasteiger partial charge is 0.342 e. The molecule has 3 nitrogen and oxygen atoms in total. The smallest absolute Gasteiger partial charge is 0.226 e. The maximum Gasteiger partial charge on any atom is 0.226 e. The average Bonchev–Trinajstić information content (AvgIpc) is 3.04. The van der Waals surface area contributed by atoms with Crippen molar-refractivity contribution in [2.45, 2.75) is 33.1 Å². The third-order valence-electron chi connectivity index (χ3n) is 5.55. The van der Waals surface area contributed by atoms with Crippen molar-refractivity contribution in [1.82, 2.24) is 9.80 Å². The molecule has 3 rings (SSSR count). The van der Waals surface area contributed by atoms with Crippen LogP contribution in [0.5, 0.6) is 0 Å². The van der Waals surface area contributed by atoms with E-state index in [9.17, 15) is 4.79 Å². The lowest BCUT2D eigenvalue weighted by molar-refractivity contribution is -0.131. The second kappa shape index (κ2) is 4.84. The fourth-order valence-electron chi connectivity index (χ4n) is 4.52. The monoisotopic (exact) mass is 250 g/mol. The maximum atomic E-state index is 12.2. The van der Waals surface area contributed by atoms with E-state index in [1.807, 2.05) is 0 Å². The van der Waals surface area contributed by atoms with Crippen molar-refractivity contribution >= 4 is 5.91 Å². The van der Waals surface area contributed by atoms with Crippen molar-refractivity contribution in [2.24, 2.45) is 23.7 Å². The van der Waals surface area contributed by atoms with Crippen LogP contribution in [0.25, 0.3) is 0 Å². The molecule has 0 N–H and O–H groups in total. The fourth-order valence-corrected chi connectivity index (χ4v) is 4.52. The van der Waals surface area contributed by atoms with Crippen molar-refractivity contribution in [3.8, 4) is 0 Å². The molecule has 0 aromatic rings. The van der Waals surface area contributed by atoms with E-state index < -0.39 is 0 Å². The van der Waals surface area contributed by atoms with Gasteiger partial charge in [0.2, 0.25) is 5.91 Å². The molecule has 3 fully saturated rings. The number of nitrogens with zero attached hydrogens (tertiary/aromatic N) is 2. The maximum absolute atomic E-state index is 12.2. The number of hydrogen-bond acceptors (Lipinski definition) is 2. The van der Waals surface area contributed by atoms with Gasteiger partial charge in [-0.3, -0.25) is 4.79 Å². The molecule has 0 saturated carbocycles.